The Labute approximate surface area is 116 Å². The number of fused-ring (bicyclic) bond motifs is 1. The first-order chi connectivity index (χ1) is 9.63. The van der Waals surface area contributed by atoms with Gasteiger partial charge < -0.3 is 20.1 Å². The summed E-state index contributed by atoms with van der Waals surface area (Å²) < 4.78 is 2.00. The van der Waals surface area contributed by atoms with Crippen molar-refractivity contribution in [1.82, 2.24) is 20.0 Å². The molecule has 1 aliphatic heterocycles. The topological polar surface area (TPSA) is 78.7 Å². The molecule has 0 aromatic carbocycles. The van der Waals surface area contributed by atoms with Crippen molar-refractivity contribution in [3.8, 4) is 0 Å². The Hall–Kier alpha value is -1.92. The number of nitrogens with one attached hydrogen (secondary N) is 2. The summed E-state index contributed by atoms with van der Waals surface area (Å²) in [6, 6.07) is 5.61. The van der Waals surface area contributed by atoms with Crippen LogP contribution in [0.4, 0.5) is 0 Å². The minimum atomic E-state index is -0.427. The molecule has 0 bridgehead atoms. The summed E-state index contributed by atoms with van der Waals surface area (Å²) in [7, 11) is 0. The highest BCUT2D eigenvalue weighted by Crippen LogP contribution is 2.09. The van der Waals surface area contributed by atoms with Crippen molar-refractivity contribution in [2.24, 2.45) is 0 Å². The standard InChI is InChI=1S/C14H18N4O2/c1-9-3-2-4-13-17-10(8-18(9)13)6-16-14(20)12-5-11(19)7-15-12/h2-4,8,11-12,15,19H,5-7H2,1H3,(H,16,20). The number of amides is 1. The fourth-order valence-electron chi connectivity index (χ4n) is 2.50. The number of aryl methyl sites for hydroxylation is 1. The number of carbonyl (C=O) groups is 1. The molecule has 3 heterocycles. The first kappa shape index (κ1) is 13.1. The lowest BCUT2D eigenvalue weighted by Crippen LogP contribution is -2.40. The second-order valence-corrected chi connectivity index (χ2v) is 5.20. The molecule has 106 valence electrons. The predicted molar refractivity (Wildman–Crippen MR) is 74.2 cm³/mol. The number of aliphatic hydroxyl groups is 1. The third-order valence-electron chi connectivity index (χ3n) is 3.61. The summed E-state index contributed by atoms with van der Waals surface area (Å²) >= 11 is 0. The third-order valence-corrected chi connectivity index (χ3v) is 3.61. The molecule has 2 unspecified atom stereocenters. The normalized spacial score (nSPS) is 22.3. The molecule has 0 radical (unpaired) electrons. The van der Waals surface area contributed by atoms with Crippen LogP contribution in [0.3, 0.4) is 0 Å². The Kier molecular flexibility index (Phi) is 3.42. The van der Waals surface area contributed by atoms with E-state index in [1.54, 1.807) is 0 Å². The van der Waals surface area contributed by atoms with E-state index in [1.165, 1.54) is 0 Å². The minimum absolute atomic E-state index is 0.0877. The second-order valence-electron chi connectivity index (χ2n) is 5.20. The Balaban J connectivity index is 1.65. The average molecular weight is 274 g/mol. The van der Waals surface area contributed by atoms with Crippen molar-refractivity contribution >= 4 is 11.6 Å². The first-order valence-corrected chi connectivity index (χ1v) is 6.76. The minimum Gasteiger partial charge on any atom is -0.392 e. The maximum Gasteiger partial charge on any atom is 0.237 e. The second kappa shape index (κ2) is 5.22. The maximum absolute atomic E-state index is 11.9. The Bertz CT molecular complexity index is 637. The van der Waals surface area contributed by atoms with E-state index in [-0.39, 0.29) is 11.9 Å². The highest BCUT2D eigenvalue weighted by atomic mass is 16.3. The lowest BCUT2D eigenvalue weighted by Gasteiger charge is -2.09. The zero-order chi connectivity index (χ0) is 14.1. The molecule has 0 aliphatic carbocycles. The van der Waals surface area contributed by atoms with Gasteiger partial charge in [0.1, 0.15) is 5.65 Å². The average Bonchev–Trinajstić information content (AvgIpc) is 3.03. The van der Waals surface area contributed by atoms with Gasteiger partial charge in [-0.05, 0) is 25.5 Å². The number of imidazole rings is 1. The fourth-order valence-corrected chi connectivity index (χ4v) is 2.50. The zero-order valence-electron chi connectivity index (χ0n) is 11.3. The third kappa shape index (κ3) is 2.52. The molecule has 1 amide bonds. The van der Waals surface area contributed by atoms with E-state index in [2.05, 4.69) is 15.6 Å². The van der Waals surface area contributed by atoms with Crippen molar-refractivity contribution < 1.29 is 9.90 Å². The highest BCUT2D eigenvalue weighted by molar-refractivity contribution is 5.82. The summed E-state index contributed by atoms with van der Waals surface area (Å²) in [6.45, 7) is 2.89. The van der Waals surface area contributed by atoms with Crippen LogP contribution in [0.15, 0.2) is 24.4 Å². The van der Waals surface area contributed by atoms with Crippen LogP contribution in [-0.4, -0.2) is 39.1 Å². The van der Waals surface area contributed by atoms with Crippen LogP contribution in [-0.2, 0) is 11.3 Å². The van der Waals surface area contributed by atoms with E-state index < -0.39 is 6.10 Å². The van der Waals surface area contributed by atoms with E-state index in [4.69, 9.17) is 0 Å². The maximum atomic E-state index is 11.9. The number of pyridine rings is 1. The van der Waals surface area contributed by atoms with Crippen LogP contribution in [0, 0.1) is 6.92 Å². The molecule has 0 spiro atoms. The van der Waals surface area contributed by atoms with E-state index >= 15 is 0 Å². The number of hydrogen-bond acceptors (Lipinski definition) is 4. The largest absolute Gasteiger partial charge is 0.392 e. The summed E-state index contributed by atoms with van der Waals surface area (Å²) in [5.74, 6) is -0.0877. The van der Waals surface area contributed by atoms with Gasteiger partial charge in [-0.25, -0.2) is 4.98 Å². The zero-order valence-corrected chi connectivity index (χ0v) is 11.3. The summed E-state index contributed by atoms with van der Waals surface area (Å²) in [4.78, 5) is 16.4. The molecule has 2 aromatic heterocycles. The van der Waals surface area contributed by atoms with Gasteiger partial charge in [-0.15, -0.1) is 0 Å². The Morgan fingerprint density at radius 2 is 2.45 bits per heavy atom. The fraction of sp³-hybridized carbons (Fsp3) is 0.429. The number of carbonyl (C=O) groups excluding carboxylic acids is 1. The highest BCUT2D eigenvalue weighted by Gasteiger charge is 2.27. The molecule has 1 fully saturated rings. The van der Waals surface area contributed by atoms with Gasteiger partial charge in [-0.1, -0.05) is 6.07 Å². The van der Waals surface area contributed by atoms with Gasteiger partial charge in [-0.3, -0.25) is 4.79 Å². The quantitative estimate of drug-likeness (QED) is 0.735. The molecular formula is C14H18N4O2. The van der Waals surface area contributed by atoms with Crippen molar-refractivity contribution in [2.75, 3.05) is 6.54 Å². The number of aromatic nitrogens is 2. The van der Waals surface area contributed by atoms with Gasteiger partial charge in [0.15, 0.2) is 0 Å². The molecule has 20 heavy (non-hydrogen) atoms. The van der Waals surface area contributed by atoms with Crippen LogP contribution in [0.2, 0.25) is 0 Å². The van der Waals surface area contributed by atoms with Crippen molar-refractivity contribution in [2.45, 2.75) is 32.0 Å². The number of β-amino-alcohol motifs (C(OH)–C–C–N with tert-alkyl or cyclic N) is 1. The summed E-state index contributed by atoms with van der Waals surface area (Å²) in [5, 5.41) is 15.2. The summed E-state index contributed by atoms with van der Waals surface area (Å²) in [5.41, 5.74) is 2.81. The molecular weight excluding hydrogens is 256 g/mol. The van der Waals surface area contributed by atoms with Gasteiger partial charge in [0.2, 0.25) is 5.91 Å². The van der Waals surface area contributed by atoms with Crippen molar-refractivity contribution in [3.63, 3.8) is 0 Å². The van der Waals surface area contributed by atoms with E-state index in [0.29, 0.717) is 19.5 Å². The molecule has 6 nitrogen and oxygen atoms in total. The number of aliphatic hydroxyl groups excluding tert-OH is 1. The van der Waals surface area contributed by atoms with Gasteiger partial charge in [-0.2, -0.15) is 0 Å². The lowest BCUT2D eigenvalue weighted by atomic mass is 10.2. The van der Waals surface area contributed by atoms with Gasteiger partial charge in [0, 0.05) is 18.4 Å². The Morgan fingerprint density at radius 3 is 3.15 bits per heavy atom. The van der Waals surface area contributed by atoms with Gasteiger partial charge in [0.05, 0.1) is 24.4 Å². The van der Waals surface area contributed by atoms with Crippen LogP contribution >= 0.6 is 0 Å². The number of rotatable bonds is 3. The molecule has 3 rings (SSSR count). The SMILES string of the molecule is Cc1cccc2nc(CNC(=O)C3CC(O)CN3)cn12. The van der Waals surface area contributed by atoms with Crippen molar-refractivity contribution in [1.29, 1.82) is 0 Å². The summed E-state index contributed by atoms with van der Waals surface area (Å²) in [6.07, 6.45) is 1.97. The van der Waals surface area contributed by atoms with E-state index in [1.807, 2.05) is 35.7 Å². The van der Waals surface area contributed by atoms with Crippen LogP contribution in [0.25, 0.3) is 5.65 Å². The molecule has 1 saturated heterocycles. The smallest absolute Gasteiger partial charge is 0.237 e. The van der Waals surface area contributed by atoms with Crippen LogP contribution < -0.4 is 10.6 Å². The molecule has 2 aromatic rings. The first-order valence-electron chi connectivity index (χ1n) is 6.76. The number of nitrogens with zero attached hydrogens (tertiary/aromatic N) is 2. The van der Waals surface area contributed by atoms with Gasteiger partial charge >= 0.3 is 0 Å². The predicted octanol–water partition coefficient (Wildman–Crippen LogP) is -0.0183. The monoisotopic (exact) mass is 274 g/mol. The molecule has 1 aliphatic rings. The van der Waals surface area contributed by atoms with E-state index in [0.717, 1.165) is 17.0 Å². The van der Waals surface area contributed by atoms with E-state index in [9.17, 15) is 9.90 Å². The molecule has 6 heteroatoms. The van der Waals surface area contributed by atoms with Crippen LogP contribution in [0.1, 0.15) is 17.8 Å². The number of hydrogen-bond donors (Lipinski definition) is 3. The van der Waals surface area contributed by atoms with Crippen LogP contribution in [0.5, 0.6) is 0 Å². The molecule has 3 N–H and O–H groups in total. The Morgan fingerprint density at radius 1 is 1.60 bits per heavy atom. The molecule has 2 atom stereocenters. The lowest BCUT2D eigenvalue weighted by molar-refractivity contribution is -0.123. The van der Waals surface area contributed by atoms with Gasteiger partial charge in [0.25, 0.3) is 0 Å². The molecule has 0 saturated carbocycles. The van der Waals surface area contributed by atoms with Crippen molar-refractivity contribution in [3.05, 3.63) is 35.8 Å².